The second-order valence-electron chi connectivity index (χ2n) is 5.88. The number of nitrogens with zero attached hydrogens (tertiary/aromatic N) is 2. The summed E-state index contributed by atoms with van der Waals surface area (Å²) in [4.78, 5) is 6.90. The molecule has 1 N–H and O–H groups in total. The highest BCUT2D eigenvalue weighted by Crippen LogP contribution is 2.47. The van der Waals surface area contributed by atoms with E-state index in [0.29, 0.717) is 5.41 Å². The van der Waals surface area contributed by atoms with Crippen LogP contribution in [-0.4, -0.2) is 37.5 Å². The van der Waals surface area contributed by atoms with E-state index in [2.05, 4.69) is 32.0 Å². The van der Waals surface area contributed by atoms with Crippen LogP contribution in [0.25, 0.3) is 0 Å². The van der Waals surface area contributed by atoms with Crippen molar-refractivity contribution in [1.82, 2.24) is 10.2 Å². The Labute approximate surface area is 119 Å². The predicted molar refractivity (Wildman–Crippen MR) is 81.9 cm³/mol. The van der Waals surface area contributed by atoms with Gasteiger partial charge in [0.2, 0.25) is 0 Å². The van der Waals surface area contributed by atoms with Gasteiger partial charge in [0.15, 0.2) is 5.96 Å². The maximum atomic E-state index is 4.45. The Kier molecular flexibility index (Phi) is 3.78. The summed E-state index contributed by atoms with van der Waals surface area (Å²) < 4.78 is 0. The first-order valence-electron chi connectivity index (χ1n) is 7.28. The number of aliphatic imine (C=N–C) groups is 1. The Bertz CT molecular complexity index is 434. The molecule has 2 aliphatic rings. The first-order chi connectivity index (χ1) is 9.31. The molecule has 0 amide bonds. The highest BCUT2D eigenvalue weighted by atomic mass is 32.1. The van der Waals surface area contributed by atoms with Crippen molar-refractivity contribution in [2.75, 3.05) is 26.7 Å². The number of rotatable bonds is 3. The van der Waals surface area contributed by atoms with Gasteiger partial charge in [-0.1, -0.05) is 6.42 Å². The van der Waals surface area contributed by atoms with E-state index in [1.165, 1.54) is 44.3 Å². The van der Waals surface area contributed by atoms with Crippen LogP contribution in [0.1, 0.15) is 31.2 Å². The first kappa shape index (κ1) is 13.0. The number of guanidine groups is 1. The van der Waals surface area contributed by atoms with Crippen LogP contribution in [0.4, 0.5) is 0 Å². The minimum absolute atomic E-state index is 0.644. The van der Waals surface area contributed by atoms with Gasteiger partial charge < -0.3 is 10.2 Å². The van der Waals surface area contributed by atoms with Crippen LogP contribution < -0.4 is 5.32 Å². The van der Waals surface area contributed by atoms with Gasteiger partial charge in [0.05, 0.1) is 0 Å². The molecule has 2 fully saturated rings. The molecule has 2 heterocycles. The van der Waals surface area contributed by atoms with E-state index in [4.69, 9.17) is 0 Å². The lowest BCUT2D eigenvalue weighted by Gasteiger charge is -2.38. The van der Waals surface area contributed by atoms with Crippen LogP contribution in [0, 0.1) is 5.41 Å². The van der Waals surface area contributed by atoms with E-state index >= 15 is 0 Å². The minimum atomic E-state index is 0.644. The van der Waals surface area contributed by atoms with Crippen LogP contribution >= 0.6 is 11.3 Å². The molecule has 1 aromatic rings. The van der Waals surface area contributed by atoms with E-state index in [0.717, 1.165) is 18.9 Å². The minimum Gasteiger partial charge on any atom is -0.356 e. The Balaban J connectivity index is 1.48. The van der Waals surface area contributed by atoms with Crippen molar-refractivity contribution in [2.24, 2.45) is 10.4 Å². The summed E-state index contributed by atoms with van der Waals surface area (Å²) in [6, 6.07) is 2.20. The molecule has 1 aliphatic carbocycles. The van der Waals surface area contributed by atoms with E-state index in [-0.39, 0.29) is 0 Å². The molecule has 1 saturated heterocycles. The Morgan fingerprint density at radius 3 is 2.95 bits per heavy atom. The molecule has 0 atom stereocenters. The van der Waals surface area contributed by atoms with Gasteiger partial charge in [0.25, 0.3) is 0 Å². The SMILES string of the molecule is CN=C(NCCc1ccsc1)N1CCC2(CCC2)C1. The fraction of sp³-hybridized carbons (Fsp3) is 0.667. The average Bonchev–Trinajstić information content (AvgIpc) is 3.03. The van der Waals surface area contributed by atoms with E-state index < -0.39 is 0 Å². The lowest BCUT2D eigenvalue weighted by Crippen LogP contribution is -2.43. The zero-order valence-corrected chi connectivity index (χ0v) is 12.5. The van der Waals surface area contributed by atoms with E-state index in [9.17, 15) is 0 Å². The molecule has 0 radical (unpaired) electrons. The summed E-state index contributed by atoms with van der Waals surface area (Å²) in [6.45, 7) is 3.37. The normalized spacial score (nSPS) is 21.7. The van der Waals surface area contributed by atoms with Crippen LogP contribution in [0.15, 0.2) is 21.8 Å². The molecule has 1 spiro atoms. The molecule has 1 saturated carbocycles. The summed E-state index contributed by atoms with van der Waals surface area (Å²) >= 11 is 1.77. The number of thiophene rings is 1. The van der Waals surface area contributed by atoms with Gasteiger partial charge in [-0.3, -0.25) is 4.99 Å². The number of likely N-dealkylation sites (tertiary alicyclic amines) is 1. The third-order valence-corrected chi connectivity index (χ3v) is 5.37. The summed E-state index contributed by atoms with van der Waals surface area (Å²) in [5, 5.41) is 7.89. The zero-order valence-electron chi connectivity index (χ0n) is 11.7. The van der Waals surface area contributed by atoms with Crippen molar-refractivity contribution in [1.29, 1.82) is 0 Å². The standard InChI is InChI=1S/C15H23N3S/c1-16-14(17-8-3-13-4-10-19-11-13)18-9-7-15(12-18)5-2-6-15/h4,10-11H,2-3,5-9,12H2,1H3,(H,16,17). The molecule has 3 rings (SSSR count). The van der Waals surface area contributed by atoms with Crippen molar-refractivity contribution >= 4 is 17.3 Å². The molecule has 0 aromatic carbocycles. The van der Waals surface area contributed by atoms with Gasteiger partial charge in [-0.05, 0) is 53.5 Å². The maximum absolute atomic E-state index is 4.45. The number of hydrogen-bond donors (Lipinski definition) is 1. The molecule has 104 valence electrons. The second-order valence-corrected chi connectivity index (χ2v) is 6.66. The van der Waals surface area contributed by atoms with E-state index in [1.54, 1.807) is 11.3 Å². The van der Waals surface area contributed by atoms with Crippen LogP contribution in [0.2, 0.25) is 0 Å². The molecule has 4 heteroatoms. The van der Waals surface area contributed by atoms with Gasteiger partial charge in [0.1, 0.15) is 0 Å². The summed E-state index contributed by atoms with van der Waals surface area (Å²) in [7, 11) is 1.90. The molecule has 1 aliphatic heterocycles. The maximum Gasteiger partial charge on any atom is 0.193 e. The molecular formula is C15H23N3S. The third kappa shape index (κ3) is 2.78. The molecule has 1 aromatic heterocycles. The van der Waals surface area contributed by atoms with Crippen LogP contribution in [-0.2, 0) is 6.42 Å². The van der Waals surface area contributed by atoms with Crippen molar-refractivity contribution in [3.8, 4) is 0 Å². The van der Waals surface area contributed by atoms with Gasteiger partial charge >= 0.3 is 0 Å². The second kappa shape index (κ2) is 5.53. The molecule has 0 unspecified atom stereocenters. The third-order valence-electron chi connectivity index (χ3n) is 4.64. The first-order valence-corrected chi connectivity index (χ1v) is 8.22. The Morgan fingerprint density at radius 1 is 1.47 bits per heavy atom. The highest BCUT2D eigenvalue weighted by Gasteiger charge is 2.43. The topological polar surface area (TPSA) is 27.6 Å². The van der Waals surface area contributed by atoms with Gasteiger partial charge in [-0.25, -0.2) is 0 Å². The zero-order chi connectivity index (χ0) is 13.1. The Hall–Kier alpha value is -1.03. The molecule has 3 nitrogen and oxygen atoms in total. The Morgan fingerprint density at radius 2 is 2.37 bits per heavy atom. The van der Waals surface area contributed by atoms with Crippen molar-refractivity contribution < 1.29 is 0 Å². The summed E-state index contributed by atoms with van der Waals surface area (Å²) in [5.41, 5.74) is 2.06. The average molecular weight is 277 g/mol. The quantitative estimate of drug-likeness (QED) is 0.679. The van der Waals surface area contributed by atoms with E-state index in [1.807, 2.05) is 7.05 Å². The van der Waals surface area contributed by atoms with Gasteiger partial charge in [-0.2, -0.15) is 11.3 Å². The van der Waals surface area contributed by atoms with Gasteiger partial charge in [-0.15, -0.1) is 0 Å². The summed E-state index contributed by atoms with van der Waals surface area (Å²) in [6.07, 6.45) is 6.72. The van der Waals surface area contributed by atoms with Crippen molar-refractivity contribution in [3.05, 3.63) is 22.4 Å². The van der Waals surface area contributed by atoms with Crippen molar-refractivity contribution in [2.45, 2.75) is 32.1 Å². The molecular weight excluding hydrogens is 254 g/mol. The molecule has 19 heavy (non-hydrogen) atoms. The van der Waals surface area contributed by atoms with Crippen molar-refractivity contribution in [3.63, 3.8) is 0 Å². The van der Waals surface area contributed by atoms with Crippen LogP contribution in [0.3, 0.4) is 0 Å². The molecule has 0 bridgehead atoms. The number of nitrogens with one attached hydrogen (secondary N) is 1. The lowest BCUT2D eigenvalue weighted by molar-refractivity contribution is 0.151. The monoisotopic (exact) mass is 277 g/mol. The number of hydrogen-bond acceptors (Lipinski definition) is 2. The summed E-state index contributed by atoms with van der Waals surface area (Å²) in [5.74, 6) is 1.10. The fourth-order valence-corrected chi connectivity index (χ4v) is 3.99. The lowest BCUT2D eigenvalue weighted by atomic mass is 9.68. The predicted octanol–water partition coefficient (Wildman–Crippen LogP) is 2.74. The van der Waals surface area contributed by atoms with Crippen LogP contribution in [0.5, 0.6) is 0 Å². The largest absolute Gasteiger partial charge is 0.356 e. The highest BCUT2D eigenvalue weighted by molar-refractivity contribution is 7.07. The smallest absolute Gasteiger partial charge is 0.193 e. The fourth-order valence-electron chi connectivity index (χ4n) is 3.29. The van der Waals surface area contributed by atoms with Gasteiger partial charge in [0, 0.05) is 26.7 Å².